The van der Waals surface area contributed by atoms with E-state index in [0.717, 1.165) is 0 Å². The number of rotatable bonds is 2. The summed E-state index contributed by atoms with van der Waals surface area (Å²) < 4.78 is 23.7. The van der Waals surface area contributed by atoms with Crippen molar-refractivity contribution in [1.82, 2.24) is 0 Å². The molecule has 1 heterocycles. The number of carbonyl (C=O) groups is 1. The van der Waals surface area contributed by atoms with E-state index in [9.17, 15) is 9.18 Å². The van der Waals surface area contributed by atoms with Crippen molar-refractivity contribution in [1.29, 1.82) is 0 Å². The van der Waals surface area contributed by atoms with Crippen LogP contribution in [0.1, 0.15) is 5.56 Å². The average Bonchev–Trinajstić information content (AvgIpc) is 2.48. The number of amides is 1. The molecule has 0 bridgehead atoms. The Morgan fingerprint density at radius 1 is 1.50 bits per heavy atom. The summed E-state index contributed by atoms with van der Waals surface area (Å²) in [5.41, 5.74) is 6.09. The Labute approximate surface area is 116 Å². The summed E-state index contributed by atoms with van der Waals surface area (Å²) in [5, 5.41) is 2.66. The van der Waals surface area contributed by atoms with Crippen molar-refractivity contribution in [3.63, 3.8) is 0 Å². The first kappa shape index (κ1) is 14.5. The van der Waals surface area contributed by atoms with Crippen molar-refractivity contribution < 1.29 is 18.7 Å². The number of nitrogens with two attached hydrogens (primary N) is 1. The van der Waals surface area contributed by atoms with Crippen molar-refractivity contribution in [3.05, 3.63) is 29.6 Å². The van der Waals surface area contributed by atoms with Crippen LogP contribution in [0, 0.1) is 17.7 Å². The van der Waals surface area contributed by atoms with Gasteiger partial charge in [-0.25, -0.2) is 4.39 Å². The second-order valence-corrected chi connectivity index (χ2v) is 4.12. The standard InChI is InChI=1S/C14H15FN2O3/c15-11-3-4-12(10(8-11)2-1-5-16)17-14(18)13-9-19-6-7-20-13/h3-4,8,13H,5-7,9,16H2,(H,17,18). The van der Waals surface area contributed by atoms with Gasteiger partial charge in [0.05, 0.1) is 37.6 Å². The molecule has 2 rings (SSSR count). The topological polar surface area (TPSA) is 73.6 Å². The predicted octanol–water partition coefficient (Wildman–Crippen LogP) is 0.490. The highest BCUT2D eigenvalue weighted by Gasteiger charge is 2.23. The van der Waals surface area contributed by atoms with Gasteiger partial charge in [-0.05, 0) is 18.2 Å². The normalized spacial score (nSPS) is 18.0. The summed E-state index contributed by atoms with van der Waals surface area (Å²) in [5.74, 6) is 4.58. The monoisotopic (exact) mass is 278 g/mol. The quantitative estimate of drug-likeness (QED) is 0.772. The molecule has 1 aliphatic rings. The number of nitrogens with one attached hydrogen (secondary N) is 1. The van der Waals surface area contributed by atoms with E-state index >= 15 is 0 Å². The van der Waals surface area contributed by atoms with Gasteiger partial charge >= 0.3 is 0 Å². The van der Waals surface area contributed by atoms with Gasteiger partial charge in [0.15, 0.2) is 6.10 Å². The second-order valence-electron chi connectivity index (χ2n) is 4.12. The highest BCUT2D eigenvalue weighted by Crippen LogP contribution is 2.17. The minimum Gasteiger partial charge on any atom is -0.376 e. The molecule has 6 heteroatoms. The fourth-order valence-corrected chi connectivity index (χ4v) is 1.73. The van der Waals surface area contributed by atoms with Gasteiger partial charge in [-0.15, -0.1) is 0 Å². The van der Waals surface area contributed by atoms with Crippen molar-refractivity contribution >= 4 is 11.6 Å². The van der Waals surface area contributed by atoms with E-state index in [4.69, 9.17) is 15.2 Å². The van der Waals surface area contributed by atoms with Gasteiger partial charge in [-0.1, -0.05) is 11.8 Å². The third-order valence-electron chi connectivity index (χ3n) is 2.67. The molecule has 0 spiro atoms. The molecular formula is C14H15FN2O3. The molecule has 0 aliphatic carbocycles. The maximum Gasteiger partial charge on any atom is 0.255 e. The van der Waals surface area contributed by atoms with Crippen molar-refractivity contribution in [2.24, 2.45) is 5.73 Å². The molecule has 3 N–H and O–H groups in total. The number of carbonyl (C=O) groups excluding carboxylic acids is 1. The second kappa shape index (κ2) is 7.01. The van der Waals surface area contributed by atoms with E-state index in [1.165, 1.54) is 18.2 Å². The molecule has 1 fully saturated rings. The van der Waals surface area contributed by atoms with E-state index in [0.29, 0.717) is 24.5 Å². The van der Waals surface area contributed by atoms with Gasteiger partial charge in [-0.2, -0.15) is 0 Å². The predicted molar refractivity (Wildman–Crippen MR) is 71.5 cm³/mol. The van der Waals surface area contributed by atoms with E-state index in [-0.39, 0.29) is 19.1 Å². The molecule has 0 aromatic heterocycles. The zero-order chi connectivity index (χ0) is 14.4. The lowest BCUT2D eigenvalue weighted by Crippen LogP contribution is -2.39. The van der Waals surface area contributed by atoms with Crippen LogP contribution in [-0.4, -0.2) is 38.4 Å². The Kier molecular flexibility index (Phi) is 5.07. The molecule has 5 nitrogen and oxygen atoms in total. The average molecular weight is 278 g/mol. The smallest absolute Gasteiger partial charge is 0.255 e. The summed E-state index contributed by atoms with van der Waals surface area (Å²) in [6.45, 7) is 1.22. The fourth-order valence-electron chi connectivity index (χ4n) is 1.73. The van der Waals surface area contributed by atoms with Crippen LogP contribution in [0.25, 0.3) is 0 Å². The lowest BCUT2D eigenvalue weighted by Gasteiger charge is -2.22. The molecule has 0 radical (unpaired) electrons. The van der Waals surface area contributed by atoms with Gasteiger partial charge in [0, 0.05) is 0 Å². The zero-order valence-corrected chi connectivity index (χ0v) is 10.8. The molecule has 1 unspecified atom stereocenters. The number of hydrogen-bond donors (Lipinski definition) is 2. The van der Waals surface area contributed by atoms with Crippen molar-refractivity contribution in [3.8, 4) is 11.8 Å². The van der Waals surface area contributed by atoms with Crippen LogP contribution in [0.2, 0.25) is 0 Å². The zero-order valence-electron chi connectivity index (χ0n) is 10.8. The summed E-state index contributed by atoms with van der Waals surface area (Å²) in [4.78, 5) is 12.0. The summed E-state index contributed by atoms with van der Waals surface area (Å²) >= 11 is 0. The van der Waals surface area contributed by atoms with Gasteiger partial charge < -0.3 is 20.5 Å². The lowest BCUT2D eigenvalue weighted by atomic mass is 10.1. The Morgan fingerprint density at radius 2 is 2.35 bits per heavy atom. The largest absolute Gasteiger partial charge is 0.376 e. The number of benzene rings is 1. The number of ether oxygens (including phenoxy) is 2. The molecule has 1 aliphatic heterocycles. The molecular weight excluding hydrogens is 263 g/mol. The first-order chi connectivity index (χ1) is 9.70. The van der Waals surface area contributed by atoms with Gasteiger partial charge in [0.2, 0.25) is 0 Å². The van der Waals surface area contributed by atoms with Crippen molar-refractivity contribution in [2.45, 2.75) is 6.10 Å². The first-order valence-electron chi connectivity index (χ1n) is 6.19. The van der Waals surface area contributed by atoms with E-state index in [1.54, 1.807) is 0 Å². The number of anilines is 1. The molecule has 1 atom stereocenters. The Balaban J connectivity index is 2.13. The fraction of sp³-hybridized carbons (Fsp3) is 0.357. The van der Waals surface area contributed by atoms with E-state index < -0.39 is 11.9 Å². The summed E-state index contributed by atoms with van der Waals surface area (Å²) in [7, 11) is 0. The van der Waals surface area contributed by atoms with Crippen molar-refractivity contribution in [2.75, 3.05) is 31.7 Å². The Morgan fingerprint density at radius 3 is 3.05 bits per heavy atom. The third-order valence-corrected chi connectivity index (χ3v) is 2.67. The van der Waals surface area contributed by atoms with E-state index in [1.807, 2.05) is 0 Å². The van der Waals surface area contributed by atoms with Crippen LogP contribution < -0.4 is 11.1 Å². The molecule has 1 aromatic rings. The van der Waals surface area contributed by atoms with Crippen LogP contribution in [0.15, 0.2) is 18.2 Å². The van der Waals surface area contributed by atoms with Crippen LogP contribution in [0.5, 0.6) is 0 Å². The maximum atomic E-state index is 13.2. The summed E-state index contributed by atoms with van der Waals surface area (Å²) in [6, 6.07) is 3.95. The van der Waals surface area contributed by atoms with Crippen LogP contribution in [0.4, 0.5) is 10.1 Å². The first-order valence-corrected chi connectivity index (χ1v) is 6.19. The summed E-state index contributed by atoms with van der Waals surface area (Å²) in [6.07, 6.45) is -0.663. The minimum absolute atomic E-state index is 0.156. The van der Waals surface area contributed by atoms with Crippen LogP contribution in [-0.2, 0) is 14.3 Å². The minimum atomic E-state index is -0.663. The van der Waals surface area contributed by atoms with Gasteiger partial charge in [0.1, 0.15) is 5.82 Å². The Bertz CT molecular complexity index is 545. The number of halogens is 1. The van der Waals surface area contributed by atoms with E-state index in [2.05, 4.69) is 17.2 Å². The Hall–Kier alpha value is -1.94. The number of hydrogen-bond acceptors (Lipinski definition) is 4. The molecule has 1 amide bonds. The molecule has 106 valence electrons. The molecule has 0 saturated carbocycles. The third kappa shape index (κ3) is 3.78. The van der Waals surface area contributed by atoms with Crippen LogP contribution in [0.3, 0.4) is 0 Å². The molecule has 20 heavy (non-hydrogen) atoms. The molecule has 1 aromatic carbocycles. The van der Waals surface area contributed by atoms with Gasteiger partial charge in [-0.3, -0.25) is 4.79 Å². The highest BCUT2D eigenvalue weighted by molar-refractivity contribution is 5.95. The van der Waals surface area contributed by atoms with Gasteiger partial charge in [0.25, 0.3) is 5.91 Å². The lowest BCUT2D eigenvalue weighted by molar-refractivity contribution is -0.142. The molecule has 1 saturated heterocycles. The van der Waals surface area contributed by atoms with Crippen LogP contribution >= 0.6 is 0 Å². The SMILES string of the molecule is NCC#Cc1cc(F)ccc1NC(=O)C1COCCO1. The highest BCUT2D eigenvalue weighted by atomic mass is 19.1. The maximum absolute atomic E-state index is 13.2.